The first-order valence-electron chi connectivity index (χ1n) is 6.57. The summed E-state index contributed by atoms with van der Waals surface area (Å²) in [4.78, 5) is 10.1. The molecular weight excluding hydrogens is 356 g/mol. The van der Waals surface area contributed by atoms with Crippen molar-refractivity contribution in [2.75, 3.05) is 17.6 Å². The van der Waals surface area contributed by atoms with Gasteiger partial charge in [0, 0.05) is 13.1 Å². The normalized spacial score (nSPS) is 11.9. The monoisotopic (exact) mass is 370 g/mol. The number of anilines is 1. The molecule has 128 valence electrons. The van der Waals surface area contributed by atoms with Crippen LogP contribution in [0.25, 0.3) is 0 Å². The smallest absolute Gasteiger partial charge is 0.267 e. The van der Waals surface area contributed by atoms with Crippen LogP contribution in [0.5, 0.6) is 0 Å². The number of hydrogen-bond donors (Lipinski definition) is 0. The quantitative estimate of drug-likeness (QED) is 0.586. The Balaban J connectivity index is 2.65. The van der Waals surface area contributed by atoms with Crippen molar-refractivity contribution in [1.29, 1.82) is 0 Å². The first kappa shape index (κ1) is 17.9. The molecule has 0 radical (unpaired) electrons. The summed E-state index contributed by atoms with van der Waals surface area (Å²) in [5.74, 6) is 0. The molecule has 0 heterocycles. The van der Waals surface area contributed by atoms with Gasteiger partial charge in [-0.15, -0.1) is 0 Å². The van der Waals surface area contributed by atoms with Gasteiger partial charge in [0.05, 0.1) is 21.0 Å². The lowest BCUT2D eigenvalue weighted by Gasteiger charge is -2.17. The molecule has 0 aromatic heterocycles. The third-order valence-electron chi connectivity index (χ3n) is 3.34. The lowest BCUT2D eigenvalue weighted by atomic mass is 10.3. The third kappa shape index (κ3) is 3.39. The average molecular weight is 370 g/mol. The number of nitrogens with zero attached hydrogens (tertiary/aromatic N) is 2. The van der Waals surface area contributed by atoms with Crippen molar-refractivity contribution in [3.8, 4) is 0 Å². The Morgan fingerprint density at radius 3 is 2.04 bits per heavy atom. The molecular formula is C14H14N2O6S2. The summed E-state index contributed by atoms with van der Waals surface area (Å²) in [6.07, 6.45) is 0.894. The van der Waals surface area contributed by atoms with Gasteiger partial charge in [0.25, 0.3) is 5.69 Å². The number of nitro groups is 1. The van der Waals surface area contributed by atoms with E-state index in [0.29, 0.717) is 0 Å². The second kappa shape index (κ2) is 6.21. The van der Waals surface area contributed by atoms with Gasteiger partial charge in [-0.05, 0) is 24.3 Å². The standard InChI is InChI=1S/C14H14N2O6S2/c1-15(23(2,19)20)13-9-8-12(10-14(13)16(17)18)24(21,22)11-6-4-3-5-7-11/h3-10H,1-2H3. The molecule has 8 nitrogen and oxygen atoms in total. The highest BCUT2D eigenvalue weighted by atomic mass is 32.2. The van der Waals surface area contributed by atoms with Crippen LogP contribution in [0.15, 0.2) is 58.3 Å². The molecule has 24 heavy (non-hydrogen) atoms. The van der Waals surface area contributed by atoms with Crippen LogP contribution in [0.3, 0.4) is 0 Å². The second-order valence-corrected chi connectivity index (χ2v) is 8.92. The number of sulfone groups is 1. The summed E-state index contributed by atoms with van der Waals surface area (Å²) < 4.78 is 49.0. The molecule has 0 N–H and O–H groups in total. The van der Waals surface area contributed by atoms with Crippen LogP contribution in [0, 0.1) is 10.1 Å². The highest BCUT2D eigenvalue weighted by Crippen LogP contribution is 2.33. The van der Waals surface area contributed by atoms with Gasteiger partial charge in [-0.25, -0.2) is 16.8 Å². The van der Waals surface area contributed by atoms with Crippen LogP contribution in [-0.2, 0) is 19.9 Å². The second-order valence-electron chi connectivity index (χ2n) is 4.95. The zero-order chi connectivity index (χ0) is 18.1. The van der Waals surface area contributed by atoms with Crippen LogP contribution in [0.4, 0.5) is 11.4 Å². The lowest BCUT2D eigenvalue weighted by Crippen LogP contribution is -2.25. The molecule has 0 aliphatic heterocycles. The predicted octanol–water partition coefficient (Wildman–Crippen LogP) is 1.82. The number of benzene rings is 2. The number of hydrogen-bond acceptors (Lipinski definition) is 6. The van der Waals surface area contributed by atoms with Crippen LogP contribution in [0.1, 0.15) is 0 Å². The molecule has 2 aromatic rings. The SMILES string of the molecule is CN(c1ccc(S(=O)(=O)c2ccccc2)cc1[N+](=O)[O-])S(C)(=O)=O. The fourth-order valence-corrected chi connectivity index (χ4v) is 3.81. The van der Waals surface area contributed by atoms with Crippen molar-refractivity contribution in [2.24, 2.45) is 0 Å². The first-order chi connectivity index (χ1) is 11.0. The molecule has 0 spiro atoms. The average Bonchev–Trinajstić information content (AvgIpc) is 2.53. The van der Waals surface area contributed by atoms with Crippen LogP contribution in [0.2, 0.25) is 0 Å². The van der Waals surface area contributed by atoms with Gasteiger partial charge in [-0.1, -0.05) is 18.2 Å². The fourth-order valence-electron chi connectivity index (χ4n) is 2.00. The van der Waals surface area contributed by atoms with E-state index in [9.17, 15) is 26.9 Å². The Kier molecular flexibility index (Phi) is 4.63. The van der Waals surface area contributed by atoms with E-state index < -0.39 is 30.5 Å². The van der Waals surface area contributed by atoms with Gasteiger partial charge in [0.2, 0.25) is 19.9 Å². The zero-order valence-corrected chi connectivity index (χ0v) is 14.4. The van der Waals surface area contributed by atoms with E-state index in [1.165, 1.54) is 24.3 Å². The fraction of sp³-hybridized carbons (Fsp3) is 0.143. The van der Waals surface area contributed by atoms with Crippen molar-refractivity contribution in [3.63, 3.8) is 0 Å². The molecule has 10 heteroatoms. The molecule has 0 saturated heterocycles. The largest absolute Gasteiger partial charge is 0.294 e. The van der Waals surface area contributed by atoms with Crippen molar-refractivity contribution in [2.45, 2.75) is 9.79 Å². The maximum Gasteiger partial charge on any atom is 0.294 e. The Morgan fingerprint density at radius 1 is 0.958 bits per heavy atom. The van der Waals surface area contributed by atoms with Gasteiger partial charge in [0.15, 0.2) is 0 Å². The van der Waals surface area contributed by atoms with E-state index in [1.807, 2.05) is 0 Å². The van der Waals surface area contributed by atoms with Crippen molar-refractivity contribution in [3.05, 3.63) is 58.6 Å². The maximum atomic E-state index is 12.5. The molecule has 0 aliphatic rings. The predicted molar refractivity (Wildman–Crippen MR) is 88.2 cm³/mol. The van der Waals surface area contributed by atoms with E-state index in [4.69, 9.17) is 0 Å². The van der Waals surface area contributed by atoms with E-state index in [0.717, 1.165) is 35.8 Å². The Morgan fingerprint density at radius 2 is 1.54 bits per heavy atom. The van der Waals surface area contributed by atoms with Gasteiger partial charge < -0.3 is 0 Å². The summed E-state index contributed by atoms with van der Waals surface area (Å²) >= 11 is 0. The molecule has 2 aromatic carbocycles. The number of sulfonamides is 1. The number of rotatable bonds is 5. The molecule has 0 fully saturated rings. The highest BCUT2D eigenvalue weighted by molar-refractivity contribution is 7.92. The molecule has 0 unspecified atom stereocenters. The Labute approximate surface area is 139 Å². The molecule has 0 bridgehead atoms. The van der Waals surface area contributed by atoms with Gasteiger partial charge in [-0.2, -0.15) is 0 Å². The van der Waals surface area contributed by atoms with Crippen molar-refractivity contribution in [1.82, 2.24) is 0 Å². The summed E-state index contributed by atoms with van der Waals surface area (Å²) in [7, 11) is -6.52. The van der Waals surface area contributed by atoms with Crippen molar-refractivity contribution < 1.29 is 21.8 Å². The molecule has 0 amide bonds. The first-order valence-corrected chi connectivity index (χ1v) is 9.91. The third-order valence-corrected chi connectivity index (χ3v) is 6.30. The summed E-state index contributed by atoms with van der Waals surface area (Å²) in [6, 6.07) is 10.6. The summed E-state index contributed by atoms with van der Waals surface area (Å²) in [5, 5.41) is 11.3. The van der Waals surface area contributed by atoms with Gasteiger partial charge >= 0.3 is 0 Å². The van der Waals surface area contributed by atoms with Crippen LogP contribution < -0.4 is 4.31 Å². The van der Waals surface area contributed by atoms with E-state index in [-0.39, 0.29) is 15.5 Å². The highest BCUT2D eigenvalue weighted by Gasteiger charge is 2.27. The van der Waals surface area contributed by atoms with Crippen LogP contribution in [-0.4, -0.2) is 35.1 Å². The van der Waals surface area contributed by atoms with E-state index in [2.05, 4.69) is 0 Å². The molecule has 0 saturated carbocycles. The van der Waals surface area contributed by atoms with Gasteiger partial charge in [0.1, 0.15) is 5.69 Å². The Hall–Kier alpha value is -2.46. The minimum Gasteiger partial charge on any atom is -0.267 e. The maximum absolute atomic E-state index is 12.5. The molecule has 0 aliphatic carbocycles. The number of nitro benzene ring substituents is 1. The van der Waals surface area contributed by atoms with E-state index >= 15 is 0 Å². The topological polar surface area (TPSA) is 115 Å². The minimum absolute atomic E-state index is 0.0106. The summed E-state index contributed by atoms with van der Waals surface area (Å²) in [6.45, 7) is 0. The van der Waals surface area contributed by atoms with E-state index in [1.54, 1.807) is 6.07 Å². The Bertz CT molecular complexity index is 985. The molecule has 2 rings (SSSR count). The van der Waals surface area contributed by atoms with Gasteiger partial charge in [-0.3, -0.25) is 14.4 Å². The summed E-state index contributed by atoms with van der Waals surface area (Å²) in [5.41, 5.74) is -0.825. The van der Waals surface area contributed by atoms with Crippen LogP contribution >= 0.6 is 0 Å². The van der Waals surface area contributed by atoms with Crippen molar-refractivity contribution >= 4 is 31.2 Å². The zero-order valence-electron chi connectivity index (χ0n) is 12.8. The molecule has 0 atom stereocenters. The minimum atomic E-state index is -3.95. The lowest BCUT2D eigenvalue weighted by molar-refractivity contribution is -0.384.